The Labute approximate surface area is 104 Å². The molecule has 0 aliphatic rings. The van der Waals surface area contributed by atoms with Gasteiger partial charge in [0.25, 0.3) is 5.91 Å². The van der Waals surface area contributed by atoms with Gasteiger partial charge in [-0.3, -0.25) is 4.79 Å². The standard InChI is InChI=1S/C12H14FNO4/c1-3-8(12(16)17)14-11(15)10-7(13)5-4-6-9(10)18-2/h4-6,8H,3H2,1-2H3,(H,14,15)(H,16,17)/t8-/m1/s1. The van der Waals surface area contributed by atoms with Crippen LogP contribution >= 0.6 is 0 Å². The van der Waals surface area contributed by atoms with Crippen molar-refractivity contribution in [2.75, 3.05) is 7.11 Å². The third kappa shape index (κ3) is 2.97. The first kappa shape index (κ1) is 14.0. The molecule has 1 aromatic rings. The Morgan fingerprint density at radius 2 is 2.17 bits per heavy atom. The summed E-state index contributed by atoms with van der Waals surface area (Å²) in [6.07, 6.45) is 0.206. The van der Waals surface area contributed by atoms with Crippen LogP contribution in [0.25, 0.3) is 0 Å². The Hall–Kier alpha value is -2.11. The van der Waals surface area contributed by atoms with Gasteiger partial charge in [0.15, 0.2) is 0 Å². The second-order valence-electron chi connectivity index (χ2n) is 3.59. The molecule has 0 unspecified atom stereocenters. The van der Waals surface area contributed by atoms with Crippen LogP contribution in [0.4, 0.5) is 4.39 Å². The van der Waals surface area contributed by atoms with Gasteiger partial charge in [-0.1, -0.05) is 13.0 Å². The Kier molecular flexibility index (Phi) is 4.65. The Morgan fingerprint density at radius 3 is 2.67 bits per heavy atom. The summed E-state index contributed by atoms with van der Waals surface area (Å²) in [5, 5.41) is 11.1. The van der Waals surface area contributed by atoms with Gasteiger partial charge in [0.1, 0.15) is 23.2 Å². The van der Waals surface area contributed by atoms with Crippen LogP contribution in [0.1, 0.15) is 23.7 Å². The number of amides is 1. The summed E-state index contributed by atoms with van der Waals surface area (Å²) in [7, 11) is 1.31. The molecule has 1 amide bonds. The highest BCUT2D eigenvalue weighted by Crippen LogP contribution is 2.21. The van der Waals surface area contributed by atoms with E-state index in [4.69, 9.17) is 9.84 Å². The third-order valence-corrected chi connectivity index (χ3v) is 2.43. The lowest BCUT2D eigenvalue weighted by molar-refractivity contribution is -0.139. The maximum Gasteiger partial charge on any atom is 0.326 e. The molecule has 1 aromatic carbocycles. The average Bonchev–Trinajstić information content (AvgIpc) is 2.34. The van der Waals surface area contributed by atoms with Crippen LogP contribution in [-0.4, -0.2) is 30.1 Å². The predicted octanol–water partition coefficient (Wildman–Crippen LogP) is 1.43. The van der Waals surface area contributed by atoms with Gasteiger partial charge in [0, 0.05) is 0 Å². The molecule has 0 aromatic heterocycles. The third-order valence-electron chi connectivity index (χ3n) is 2.43. The Bertz CT molecular complexity index is 461. The van der Waals surface area contributed by atoms with Gasteiger partial charge in [-0.15, -0.1) is 0 Å². The lowest BCUT2D eigenvalue weighted by Crippen LogP contribution is -2.40. The summed E-state index contributed by atoms with van der Waals surface area (Å²) >= 11 is 0. The highest BCUT2D eigenvalue weighted by Gasteiger charge is 2.23. The molecular weight excluding hydrogens is 241 g/mol. The van der Waals surface area contributed by atoms with E-state index in [1.165, 1.54) is 19.2 Å². The molecule has 0 bridgehead atoms. The zero-order valence-electron chi connectivity index (χ0n) is 10.1. The summed E-state index contributed by atoms with van der Waals surface area (Å²) in [6, 6.07) is 2.89. The van der Waals surface area contributed by atoms with E-state index >= 15 is 0 Å². The van der Waals surface area contributed by atoms with Crippen LogP contribution in [0.15, 0.2) is 18.2 Å². The SMILES string of the molecule is CC[C@@H](NC(=O)c1c(F)cccc1OC)C(=O)O. The molecule has 1 rings (SSSR count). The summed E-state index contributed by atoms with van der Waals surface area (Å²) in [5.41, 5.74) is -0.292. The molecule has 18 heavy (non-hydrogen) atoms. The number of carbonyl (C=O) groups is 2. The molecule has 0 saturated heterocycles. The number of carboxylic acids is 1. The number of halogens is 1. The largest absolute Gasteiger partial charge is 0.496 e. The van der Waals surface area contributed by atoms with E-state index in [1.54, 1.807) is 6.92 Å². The van der Waals surface area contributed by atoms with Crippen molar-refractivity contribution in [3.05, 3.63) is 29.6 Å². The number of hydrogen-bond acceptors (Lipinski definition) is 3. The number of ether oxygens (including phenoxy) is 1. The highest BCUT2D eigenvalue weighted by atomic mass is 19.1. The van der Waals surface area contributed by atoms with Crippen molar-refractivity contribution in [1.82, 2.24) is 5.32 Å². The van der Waals surface area contributed by atoms with Crippen LogP contribution in [0, 0.1) is 5.82 Å². The lowest BCUT2D eigenvalue weighted by Gasteiger charge is -2.14. The minimum Gasteiger partial charge on any atom is -0.496 e. The van der Waals surface area contributed by atoms with Gasteiger partial charge in [-0.2, -0.15) is 0 Å². The normalized spacial score (nSPS) is 11.7. The van der Waals surface area contributed by atoms with Gasteiger partial charge in [0.05, 0.1) is 7.11 Å². The predicted molar refractivity (Wildman–Crippen MR) is 62.1 cm³/mol. The summed E-state index contributed by atoms with van der Waals surface area (Å²) in [4.78, 5) is 22.6. The number of carboxylic acid groups (broad SMARTS) is 1. The van der Waals surface area contributed by atoms with Crippen molar-refractivity contribution in [2.24, 2.45) is 0 Å². The van der Waals surface area contributed by atoms with Gasteiger partial charge in [0.2, 0.25) is 0 Å². The van der Waals surface area contributed by atoms with E-state index in [2.05, 4.69) is 5.32 Å². The highest BCUT2D eigenvalue weighted by molar-refractivity contribution is 5.99. The van der Waals surface area contributed by atoms with Crippen LogP contribution < -0.4 is 10.1 Å². The molecule has 5 nitrogen and oxygen atoms in total. The molecule has 6 heteroatoms. The fourth-order valence-corrected chi connectivity index (χ4v) is 1.46. The molecule has 0 heterocycles. The van der Waals surface area contributed by atoms with Crippen LogP contribution in [0.2, 0.25) is 0 Å². The Balaban J connectivity index is 3.00. The van der Waals surface area contributed by atoms with Crippen molar-refractivity contribution in [3.8, 4) is 5.75 Å². The monoisotopic (exact) mass is 255 g/mol. The molecule has 1 atom stereocenters. The van der Waals surface area contributed by atoms with Gasteiger partial charge < -0.3 is 15.2 Å². The molecule has 0 radical (unpaired) electrons. The maximum atomic E-state index is 13.6. The first-order chi connectivity index (χ1) is 8.51. The first-order valence-corrected chi connectivity index (χ1v) is 5.37. The van der Waals surface area contributed by atoms with Gasteiger partial charge >= 0.3 is 5.97 Å². The number of rotatable bonds is 5. The molecule has 0 aliphatic carbocycles. The number of hydrogen-bond donors (Lipinski definition) is 2. The minimum absolute atomic E-state index is 0.0627. The second-order valence-corrected chi connectivity index (χ2v) is 3.59. The fourth-order valence-electron chi connectivity index (χ4n) is 1.46. The number of carbonyl (C=O) groups excluding carboxylic acids is 1. The molecule has 0 spiro atoms. The summed E-state index contributed by atoms with van der Waals surface area (Å²) < 4.78 is 18.4. The molecule has 0 aliphatic heterocycles. The number of nitrogens with one attached hydrogen (secondary N) is 1. The maximum absolute atomic E-state index is 13.6. The van der Waals surface area contributed by atoms with E-state index in [0.717, 1.165) is 6.07 Å². The zero-order valence-corrected chi connectivity index (χ0v) is 10.1. The molecule has 0 fully saturated rings. The molecule has 98 valence electrons. The van der Waals surface area contributed by atoms with E-state index in [9.17, 15) is 14.0 Å². The van der Waals surface area contributed by atoms with Crippen LogP contribution in [-0.2, 0) is 4.79 Å². The topological polar surface area (TPSA) is 75.6 Å². The van der Waals surface area contributed by atoms with Crippen LogP contribution in [0.3, 0.4) is 0 Å². The smallest absolute Gasteiger partial charge is 0.326 e. The quantitative estimate of drug-likeness (QED) is 0.834. The van der Waals surface area contributed by atoms with E-state index in [1.807, 2.05) is 0 Å². The van der Waals surface area contributed by atoms with E-state index < -0.39 is 23.7 Å². The number of aliphatic carboxylic acids is 1. The van der Waals surface area contributed by atoms with Crippen molar-refractivity contribution in [2.45, 2.75) is 19.4 Å². The molecule has 2 N–H and O–H groups in total. The minimum atomic E-state index is -1.17. The second kappa shape index (κ2) is 6.00. The van der Waals surface area contributed by atoms with Crippen molar-refractivity contribution in [3.63, 3.8) is 0 Å². The van der Waals surface area contributed by atoms with Gasteiger partial charge in [-0.25, -0.2) is 9.18 Å². The van der Waals surface area contributed by atoms with Crippen molar-refractivity contribution in [1.29, 1.82) is 0 Å². The number of benzene rings is 1. The zero-order chi connectivity index (χ0) is 13.7. The Morgan fingerprint density at radius 1 is 1.50 bits per heavy atom. The first-order valence-electron chi connectivity index (χ1n) is 5.37. The number of methoxy groups -OCH3 is 1. The van der Waals surface area contributed by atoms with Crippen molar-refractivity contribution < 1.29 is 23.8 Å². The average molecular weight is 255 g/mol. The molecule has 0 saturated carbocycles. The van der Waals surface area contributed by atoms with Crippen molar-refractivity contribution >= 4 is 11.9 Å². The van der Waals surface area contributed by atoms with Gasteiger partial charge in [-0.05, 0) is 18.6 Å². The fraction of sp³-hybridized carbons (Fsp3) is 0.333. The summed E-state index contributed by atoms with van der Waals surface area (Å²) in [5.74, 6) is -2.67. The van der Waals surface area contributed by atoms with E-state index in [-0.39, 0.29) is 17.7 Å². The lowest BCUT2D eigenvalue weighted by atomic mass is 10.1. The summed E-state index contributed by atoms with van der Waals surface area (Å²) in [6.45, 7) is 1.61. The van der Waals surface area contributed by atoms with E-state index in [0.29, 0.717) is 0 Å². The van der Waals surface area contributed by atoms with Crippen LogP contribution in [0.5, 0.6) is 5.75 Å². The molecular formula is C12H14FNO4.